The van der Waals surface area contributed by atoms with Crippen molar-refractivity contribution < 1.29 is 0 Å². The van der Waals surface area contributed by atoms with Gasteiger partial charge in [0.2, 0.25) is 0 Å². The maximum atomic E-state index is 5.36. The second kappa shape index (κ2) is 6.81. The van der Waals surface area contributed by atoms with Crippen LogP contribution in [0.4, 0.5) is 0 Å². The number of hydrogen-bond donors (Lipinski definition) is 1. The Morgan fingerprint density at radius 2 is 2.10 bits per heavy atom. The average Bonchev–Trinajstić information content (AvgIpc) is 1.89. The van der Waals surface area contributed by atoms with Crippen molar-refractivity contribution in [3.63, 3.8) is 0 Å². The molecular weight excluding hydrogens is 122 g/mol. The molecule has 0 aromatic rings. The Balaban J connectivity index is 3.21. The molecule has 0 heterocycles. The van der Waals surface area contributed by atoms with E-state index in [1.165, 1.54) is 31.3 Å². The minimum absolute atomic E-state index is 0.692. The Morgan fingerprint density at radius 3 is 2.60 bits per heavy atom. The molecule has 1 heteroatoms. The highest BCUT2D eigenvalue weighted by Gasteiger charge is 1.87. The lowest BCUT2D eigenvalue weighted by Crippen LogP contribution is -1.94. The second-order valence-electron chi connectivity index (χ2n) is 2.74. The van der Waals surface area contributed by atoms with Crippen molar-refractivity contribution in [3.05, 3.63) is 11.6 Å². The molecule has 0 saturated carbocycles. The zero-order valence-corrected chi connectivity index (χ0v) is 7.19. The molecular formula is C9H19N. The van der Waals surface area contributed by atoms with Gasteiger partial charge in [-0.2, -0.15) is 0 Å². The van der Waals surface area contributed by atoms with E-state index >= 15 is 0 Å². The number of rotatable bonds is 5. The summed E-state index contributed by atoms with van der Waals surface area (Å²) in [6.07, 6.45) is 7.30. The summed E-state index contributed by atoms with van der Waals surface area (Å²) in [7, 11) is 0. The lowest BCUT2D eigenvalue weighted by atomic mass is 10.1. The maximum absolute atomic E-state index is 5.36. The molecule has 0 fully saturated rings. The molecule has 0 aliphatic carbocycles. The first-order valence-electron chi connectivity index (χ1n) is 4.17. The molecule has 0 spiro atoms. The predicted octanol–water partition coefficient (Wildman–Crippen LogP) is 2.47. The number of allylic oxidation sites excluding steroid dienone is 1. The Kier molecular flexibility index (Phi) is 6.61. The van der Waals surface area contributed by atoms with Crippen molar-refractivity contribution in [3.8, 4) is 0 Å². The van der Waals surface area contributed by atoms with Crippen molar-refractivity contribution >= 4 is 0 Å². The normalized spacial score (nSPS) is 12.1. The highest BCUT2D eigenvalue weighted by atomic mass is 14.5. The van der Waals surface area contributed by atoms with Crippen molar-refractivity contribution in [1.82, 2.24) is 0 Å². The van der Waals surface area contributed by atoms with Gasteiger partial charge in [-0.25, -0.2) is 0 Å². The van der Waals surface area contributed by atoms with E-state index in [1.54, 1.807) is 0 Å². The molecule has 1 nitrogen and oxygen atoms in total. The van der Waals surface area contributed by atoms with Gasteiger partial charge in [-0.3, -0.25) is 0 Å². The molecule has 2 N–H and O–H groups in total. The Hall–Kier alpha value is -0.300. The topological polar surface area (TPSA) is 26.0 Å². The van der Waals surface area contributed by atoms with Crippen LogP contribution in [0.15, 0.2) is 11.6 Å². The van der Waals surface area contributed by atoms with Gasteiger partial charge in [-0.05, 0) is 19.8 Å². The molecule has 0 aromatic carbocycles. The highest BCUT2D eigenvalue weighted by molar-refractivity contribution is 4.98. The molecule has 0 amide bonds. The van der Waals surface area contributed by atoms with E-state index in [-0.39, 0.29) is 0 Å². The Morgan fingerprint density at radius 1 is 1.40 bits per heavy atom. The van der Waals surface area contributed by atoms with Gasteiger partial charge in [0.15, 0.2) is 0 Å². The smallest absolute Gasteiger partial charge is 0.0109 e. The highest BCUT2D eigenvalue weighted by Crippen LogP contribution is 2.06. The Bertz CT molecular complexity index is 94.9. The summed E-state index contributed by atoms with van der Waals surface area (Å²) in [5.41, 5.74) is 6.80. The molecule has 0 atom stereocenters. The lowest BCUT2D eigenvalue weighted by Gasteiger charge is -1.98. The van der Waals surface area contributed by atoms with E-state index in [9.17, 15) is 0 Å². The van der Waals surface area contributed by atoms with E-state index in [0.29, 0.717) is 6.54 Å². The molecule has 10 heavy (non-hydrogen) atoms. The summed E-state index contributed by atoms with van der Waals surface area (Å²) in [6.45, 7) is 5.07. The van der Waals surface area contributed by atoms with Crippen LogP contribution in [-0.4, -0.2) is 6.54 Å². The van der Waals surface area contributed by atoms with Crippen LogP contribution in [-0.2, 0) is 0 Å². The van der Waals surface area contributed by atoms with Gasteiger partial charge in [0.25, 0.3) is 0 Å². The van der Waals surface area contributed by atoms with Gasteiger partial charge in [-0.1, -0.05) is 31.4 Å². The molecule has 0 aliphatic rings. The fraction of sp³-hybridized carbons (Fsp3) is 0.778. The van der Waals surface area contributed by atoms with Gasteiger partial charge in [0.05, 0.1) is 0 Å². The van der Waals surface area contributed by atoms with Gasteiger partial charge in [-0.15, -0.1) is 0 Å². The van der Waals surface area contributed by atoms with Gasteiger partial charge >= 0.3 is 0 Å². The van der Waals surface area contributed by atoms with Gasteiger partial charge in [0, 0.05) is 6.54 Å². The third-order valence-corrected chi connectivity index (χ3v) is 1.64. The van der Waals surface area contributed by atoms with Crippen LogP contribution in [0.3, 0.4) is 0 Å². The van der Waals surface area contributed by atoms with Crippen LogP contribution in [0.2, 0.25) is 0 Å². The molecule has 60 valence electrons. The van der Waals surface area contributed by atoms with E-state index in [2.05, 4.69) is 19.9 Å². The second-order valence-corrected chi connectivity index (χ2v) is 2.74. The zero-order chi connectivity index (χ0) is 7.82. The quantitative estimate of drug-likeness (QED) is 0.462. The van der Waals surface area contributed by atoms with Crippen molar-refractivity contribution in [1.29, 1.82) is 0 Å². The molecule has 0 aliphatic heterocycles. The molecule has 0 rings (SSSR count). The number of hydrogen-bond acceptors (Lipinski definition) is 1. The van der Waals surface area contributed by atoms with E-state index in [0.717, 1.165) is 0 Å². The SMILES string of the molecule is CCCCCC(C)=CCN. The third-order valence-electron chi connectivity index (χ3n) is 1.64. The molecule has 0 aromatic heterocycles. The van der Waals surface area contributed by atoms with Crippen molar-refractivity contribution in [2.45, 2.75) is 39.5 Å². The van der Waals surface area contributed by atoms with Crippen LogP contribution >= 0.6 is 0 Å². The van der Waals surface area contributed by atoms with Crippen LogP contribution in [0.25, 0.3) is 0 Å². The molecule has 0 radical (unpaired) electrons. The van der Waals surface area contributed by atoms with E-state index in [4.69, 9.17) is 5.73 Å². The third kappa shape index (κ3) is 5.83. The van der Waals surface area contributed by atoms with E-state index in [1.807, 2.05) is 0 Å². The summed E-state index contributed by atoms with van der Waals surface area (Å²) in [6, 6.07) is 0. The summed E-state index contributed by atoms with van der Waals surface area (Å²) in [5, 5.41) is 0. The summed E-state index contributed by atoms with van der Waals surface area (Å²) < 4.78 is 0. The Labute approximate surface area is 64.3 Å². The van der Waals surface area contributed by atoms with E-state index < -0.39 is 0 Å². The minimum Gasteiger partial charge on any atom is -0.327 e. The largest absolute Gasteiger partial charge is 0.327 e. The van der Waals surface area contributed by atoms with Gasteiger partial charge < -0.3 is 5.73 Å². The fourth-order valence-corrected chi connectivity index (χ4v) is 0.957. The van der Waals surface area contributed by atoms with Crippen LogP contribution < -0.4 is 5.73 Å². The standard InChI is InChI=1S/C9H19N/c1-3-4-5-6-9(2)7-8-10/h7H,3-6,8,10H2,1-2H3. The van der Waals surface area contributed by atoms with Crippen molar-refractivity contribution in [2.24, 2.45) is 5.73 Å². The summed E-state index contributed by atoms with van der Waals surface area (Å²) in [4.78, 5) is 0. The first kappa shape index (κ1) is 9.70. The summed E-state index contributed by atoms with van der Waals surface area (Å²) in [5.74, 6) is 0. The monoisotopic (exact) mass is 141 g/mol. The van der Waals surface area contributed by atoms with Gasteiger partial charge in [0.1, 0.15) is 0 Å². The number of nitrogens with two attached hydrogens (primary N) is 1. The lowest BCUT2D eigenvalue weighted by molar-refractivity contribution is 0.712. The minimum atomic E-state index is 0.692. The first-order valence-corrected chi connectivity index (χ1v) is 4.17. The molecule has 0 unspecified atom stereocenters. The van der Waals surface area contributed by atoms with Crippen molar-refractivity contribution in [2.75, 3.05) is 6.54 Å². The summed E-state index contributed by atoms with van der Waals surface area (Å²) >= 11 is 0. The van der Waals surface area contributed by atoms with Crippen LogP contribution in [0, 0.1) is 0 Å². The first-order chi connectivity index (χ1) is 4.81. The zero-order valence-electron chi connectivity index (χ0n) is 7.19. The predicted molar refractivity (Wildman–Crippen MR) is 47.0 cm³/mol. The average molecular weight is 141 g/mol. The number of unbranched alkanes of at least 4 members (excludes halogenated alkanes) is 2. The molecule has 0 bridgehead atoms. The van der Waals surface area contributed by atoms with Crippen LogP contribution in [0.1, 0.15) is 39.5 Å². The molecule has 0 saturated heterocycles. The maximum Gasteiger partial charge on any atom is 0.0109 e. The fourth-order valence-electron chi connectivity index (χ4n) is 0.957. The van der Waals surface area contributed by atoms with Crippen LogP contribution in [0.5, 0.6) is 0 Å².